The number of methoxy groups -OCH3 is 1. The molecule has 1 rings (SSSR count). The van der Waals surface area contributed by atoms with E-state index in [1.165, 1.54) is 0 Å². The molecule has 0 saturated carbocycles. The van der Waals surface area contributed by atoms with Gasteiger partial charge < -0.3 is 19.9 Å². The first kappa shape index (κ1) is 13.5. The van der Waals surface area contributed by atoms with Gasteiger partial charge in [0, 0.05) is 12.7 Å². The van der Waals surface area contributed by atoms with E-state index < -0.39 is 0 Å². The Hall–Kier alpha value is -1.59. The normalized spacial score (nSPS) is 10.2. The number of benzene rings is 1. The quantitative estimate of drug-likeness (QED) is 0.402. The van der Waals surface area contributed by atoms with Crippen LogP contribution in [0, 0.1) is 5.41 Å². The molecule has 0 aliphatic rings. The molecule has 5 heteroatoms. The fourth-order valence-electron chi connectivity index (χ4n) is 1.19. The van der Waals surface area contributed by atoms with E-state index in [2.05, 4.69) is 0 Å². The van der Waals surface area contributed by atoms with Gasteiger partial charge in [-0.1, -0.05) is 0 Å². The van der Waals surface area contributed by atoms with E-state index in [1.807, 2.05) is 0 Å². The summed E-state index contributed by atoms with van der Waals surface area (Å²) in [7, 11) is 1.64. The van der Waals surface area contributed by atoms with Crippen molar-refractivity contribution < 1.29 is 14.2 Å². The monoisotopic (exact) mass is 238 g/mol. The van der Waals surface area contributed by atoms with Gasteiger partial charge >= 0.3 is 0 Å². The second-order valence-electron chi connectivity index (χ2n) is 3.39. The highest BCUT2D eigenvalue weighted by molar-refractivity contribution is 5.94. The summed E-state index contributed by atoms with van der Waals surface area (Å²) in [4.78, 5) is 0. The Bertz CT molecular complexity index is 338. The Balaban J connectivity index is 2.21. The topological polar surface area (TPSA) is 77.6 Å². The molecule has 5 nitrogen and oxygen atoms in total. The fraction of sp³-hybridized carbons (Fsp3) is 0.417. The lowest BCUT2D eigenvalue weighted by molar-refractivity contribution is 0.0544. The molecule has 1 aromatic rings. The first-order valence-corrected chi connectivity index (χ1v) is 5.38. The lowest BCUT2D eigenvalue weighted by atomic mass is 10.2. The maximum Gasteiger partial charge on any atom is 0.122 e. The van der Waals surface area contributed by atoms with Crippen LogP contribution in [0.25, 0.3) is 0 Å². The van der Waals surface area contributed by atoms with Gasteiger partial charge in [-0.25, -0.2) is 0 Å². The van der Waals surface area contributed by atoms with E-state index in [0.717, 1.165) is 5.75 Å². The van der Waals surface area contributed by atoms with E-state index in [-0.39, 0.29) is 5.84 Å². The molecule has 0 heterocycles. The molecule has 0 aliphatic carbocycles. The van der Waals surface area contributed by atoms with Crippen LogP contribution in [0.2, 0.25) is 0 Å². The average Bonchev–Trinajstić information content (AvgIpc) is 2.34. The van der Waals surface area contributed by atoms with Crippen molar-refractivity contribution >= 4 is 5.84 Å². The van der Waals surface area contributed by atoms with Gasteiger partial charge in [0.25, 0.3) is 0 Å². The molecule has 0 unspecified atom stereocenters. The highest BCUT2D eigenvalue weighted by Gasteiger charge is 1.97. The maximum absolute atomic E-state index is 7.24. The lowest BCUT2D eigenvalue weighted by Crippen LogP contribution is -2.11. The van der Waals surface area contributed by atoms with E-state index >= 15 is 0 Å². The number of ether oxygens (including phenoxy) is 3. The predicted octanol–water partition coefficient (Wildman–Crippen LogP) is 1.01. The van der Waals surface area contributed by atoms with Gasteiger partial charge in [0.15, 0.2) is 0 Å². The molecular formula is C12H18N2O3. The summed E-state index contributed by atoms with van der Waals surface area (Å²) in [5.41, 5.74) is 6.03. The molecule has 17 heavy (non-hydrogen) atoms. The van der Waals surface area contributed by atoms with Crippen LogP contribution in [0.15, 0.2) is 24.3 Å². The third kappa shape index (κ3) is 5.33. The van der Waals surface area contributed by atoms with E-state index in [1.54, 1.807) is 31.4 Å². The second kappa shape index (κ2) is 7.65. The van der Waals surface area contributed by atoms with Crippen molar-refractivity contribution in [2.75, 3.05) is 33.5 Å². The van der Waals surface area contributed by atoms with Crippen LogP contribution in [0.3, 0.4) is 0 Å². The zero-order valence-corrected chi connectivity index (χ0v) is 9.94. The minimum Gasteiger partial charge on any atom is -0.491 e. The summed E-state index contributed by atoms with van der Waals surface area (Å²) in [6.45, 7) is 2.18. The van der Waals surface area contributed by atoms with Gasteiger partial charge in [-0.3, -0.25) is 5.41 Å². The molecule has 0 radical (unpaired) electrons. The minimum absolute atomic E-state index is 0.0550. The van der Waals surface area contributed by atoms with Crippen molar-refractivity contribution in [2.45, 2.75) is 0 Å². The van der Waals surface area contributed by atoms with E-state index in [9.17, 15) is 0 Å². The maximum atomic E-state index is 7.24. The highest BCUT2D eigenvalue weighted by Crippen LogP contribution is 2.11. The van der Waals surface area contributed by atoms with Gasteiger partial charge in [0.2, 0.25) is 0 Å². The molecule has 0 saturated heterocycles. The first-order chi connectivity index (χ1) is 8.24. The number of hydrogen-bond acceptors (Lipinski definition) is 4. The summed E-state index contributed by atoms with van der Waals surface area (Å²) in [6, 6.07) is 7.07. The molecule has 0 aromatic heterocycles. The van der Waals surface area contributed by atoms with E-state index in [0.29, 0.717) is 32.0 Å². The van der Waals surface area contributed by atoms with Crippen LogP contribution in [0.4, 0.5) is 0 Å². The summed E-state index contributed by atoms with van der Waals surface area (Å²) in [6.07, 6.45) is 0. The summed E-state index contributed by atoms with van der Waals surface area (Å²) in [5.74, 6) is 0.796. The van der Waals surface area contributed by atoms with Crippen molar-refractivity contribution in [1.82, 2.24) is 0 Å². The van der Waals surface area contributed by atoms with Crippen LogP contribution < -0.4 is 10.5 Å². The second-order valence-corrected chi connectivity index (χ2v) is 3.39. The van der Waals surface area contributed by atoms with E-state index in [4.69, 9.17) is 25.4 Å². The van der Waals surface area contributed by atoms with Crippen molar-refractivity contribution in [3.8, 4) is 5.75 Å². The number of nitrogens with one attached hydrogen (secondary N) is 1. The molecule has 0 atom stereocenters. The zero-order valence-electron chi connectivity index (χ0n) is 9.94. The Morgan fingerprint density at radius 3 is 2.35 bits per heavy atom. The van der Waals surface area contributed by atoms with Crippen LogP contribution in [-0.4, -0.2) is 39.4 Å². The Kier molecular flexibility index (Phi) is 6.06. The Morgan fingerprint density at radius 2 is 1.76 bits per heavy atom. The van der Waals surface area contributed by atoms with Crippen LogP contribution >= 0.6 is 0 Å². The Labute approximate surface area is 101 Å². The smallest absolute Gasteiger partial charge is 0.122 e. The van der Waals surface area contributed by atoms with Crippen LogP contribution in [0.5, 0.6) is 5.75 Å². The third-order valence-corrected chi connectivity index (χ3v) is 2.09. The number of nitrogen functional groups attached to an aromatic ring is 1. The third-order valence-electron chi connectivity index (χ3n) is 2.09. The number of hydrogen-bond donors (Lipinski definition) is 2. The standard InChI is InChI=1S/C12H18N2O3/c1-15-6-7-16-8-9-17-11-4-2-10(3-5-11)12(13)14/h2-5H,6-9H2,1H3,(H3,13,14). The molecule has 1 aromatic carbocycles. The predicted molar refractivity (Wildman–Crippen MR) is 65.6 cm³/mol. The molecule has 0 fully saturated rings. The molecule has 0 aliphatic heterocycles. The summed E-state index contributed by atoms with van der Waals surface area (Å²) < 4.78 is 15.5. The lowest BCUT2D eigenvalue weighted by Gasteiger charge is -2.07. The zero-order chi connectivity index (χ0) is 12.5. The van der Waals surface area contributed by atoms with Gasteiger partial charge in [0.05, 0.1) is 19.8 Å². The molecule has 0 spiro atoms. The summed E-state index contributed by atoms with van der Waals surface area (Å²) >= 11 is 0. The van der Waals surface area contributed by atoms with Gasteiger partial charge in [-0.2, -0.15) is 0 Å². The van der Waals surface area contributed by atoms with Crippen LogP contribution in [0.1, 0.15) is 5.56 Å². The average molecular weight is 238 g/mol. The minimum atomic E-state index is 0.0550. The van der Waals surface area contributed by atoms with Crippen molar-refractivity contribution in [2.24, 2.45) is 5.73 Å². The number of nitrogens with two attached hydrogens (primary N) is 1. The fourth-order valence-corrected chi connectivity index (χ4v) is 1.19. The first-order valence-electron chi connectivity index (χ1n) is 5.38. The van der Waals surface area contributed by atoms with Crippen molar-refractivity contribution in [1.29, 1.82) is 5.41 Å². The van der Waals surface area contributed by atoms with Crippen molar-refractivity contribution in [3.63, 3.8) is 0 Å². The molecule has 94 valence electrons. The molecule has 3 N–H and O–H groups in total. The molecule has 0 amide bonds. The van der Waals surface area contributed by atoms with Gasteiger partial charge in [0.1, 0.15) is 18.2 Å². The molecular weight excluding hydrogens is 220 g/mol. The van der Waals surface area contributed by atoms with Gasteiger partial charge in [-0.15, -0.1) is 0 Å². The number of rotatable bonds is 8. The largest absolute Gasteiger partial charge is 0.491 e. The highest BCUT2D eigenvalue weighted by atomic mass is 16.5. The SMILES string of the molecule is COCCOCCOc1ccc(C(=N)N)cc1. The Morgan fingerprint density at radius 1 is 1.12 bits per heavy atom. The molecule has 0 bridgehead atoms. The number of amidine groups is 1. The van der Waals surface area contributed by atoms with Gasteiger partial charge in [-0.05, 0) is 24.3 Å². The van der Waals surface area contributed by atoms with Crippen LogP contribution in [-0.2, 0) is 9.47 Å². The summed E-state index contributed by atoms with van der Waals surface area (Å²) in [5, 5.41) is 7.24. The van der Waals surface area contributed by atoms with Crippen molar-refractivity contribution in [3.05, 3.63) is 29.8 Å².